The normalized spacial score (nSPS) is 25.3. The first kappa shape index (κ1) is 14.8. The molecule has 1 saturated carbocycles. The molecule has 1 atom stereocenters. The fourth-order valence-corrected chi connectivity index (χ4v) is 3.56. The summed E-state index contributed by atoms with van der Waals surface area (Å²) in [5, 5.41) is 0.864. The van der Waals surface area contributed by atoms with E-state index in [1.165, 1.54) is 32.1 Å². The van der Waals surface area contributed by atoms with Crippen molar-refractivity contribution in [3.05, 3.63) is 34.3 Å². The SMILES string of the molecule is CCC1CCC(C(NN)c2cccc(C)c2Cl)CC1. The Labute approximate surface area is 121 Å². The van der Waals surface area contributed by atoms with Crippen LogP contribution in [0.4, 0.5) is 0 Å². The van der Waals surface area contributed by atoms with Crippen molar-refractivity contribution in [1.29, 1.82) is 0 Å². The van der Waals surface area contributed by atoms with Crippen LogP contribution in [-0.2, 0) is 0 Å². The van der Waals surface area contributed by atoms with Gasteiger partial charge in [0.25, 0.3) is 0 Å². The van der Waals surface area contributed by atoms with Gasteiger partial charge in [-0.3, -0.25) is 11.3 Å². The van der Waals surface area contributed by atoms with E-state index >= 15 is 0 Å². The number of hydrogen-bond donors (Lipinski definition) is 2. The maximum atomic E-state index is 6.45. The van der Waals surface area contributed by atoms with Gasteiger partial charge in [0, 0.05) is 5.02 Å². The first-order chi connectivity index (χ1) is 9.17. The molecule has 1 aliphatic rings. The second-order valence-electron chi connectivity index (χ2n) is 5.81. The number of hydrogen-bond acceptors (Lipinski definition) is 2. The van der Waals surface area contributed by atoms with Gasteiger partial charge in [-0.05, 0) is 42.7 Å². The van der Waals surface area contributed by atoms with Gasteiger partial charge in [-0.15, -0.1) is 0 Å². The second-order valence-corrected chi connectivity index (χ2v) is 6.19. The Bertz CT molecular complexity index is 411. The predicted molar refractivity (Wildman–Crippen MR) is 82.0 cm³/mol. The zero-order chi connectivity index (χ0) is 13.8. The molecule has 0 spiro atoms. The summed E-state index contributed by atoms with van der Waals surface area (Å²) in [5.74, 6) is 7.32. The van der Waals surface area contributed by atoms with E-state index in [2.05, 4.69) is 24.5 Å². The first-order valence-electron chi connectivity index (χ1n) is 7.38. The number of nitrogens with two attached hydrogens (primary N) is 1. The van der Waals surface area contributed by atoms with Gasteiger partial charge < -0.3 is 0 Å². The molecule has 1 aromatic rings. The van der Waals surface area contributed by atoms with E-state index in [1.807, 2.05) is 13.0 Å². The fourth-order valence-electron chi connectivity index (χ4n) is 3.32. The van der Waals surface area contributed by atoms with Crippen LogP contribution in [0.15, 0.2) is 18.2 Å². The molecule has 0 amide bonds. The van der Waals surface area contributed by atoms with Gasteiger partial charge in [-0.2, -0.15) is 0 Å². The van der Waals surface area contributed by atoms with Crippen LogP contribution in [0.25, 0.3) is 0 Å². The van der Waals surface area contributed by atoms with E-state index in [0.29, 0.717) is 5.92 Å². The lowest BCUT2D eigenvalue weighted by Crippen LogP contribution is -2.35. The van der Waals surface area contributed by atoms with Crippen molar-refractivity contribution in [1.82, 2.24) is 5.43 Å². The molecule has 0 bridgehead atoms. The minimum absolute atomic E-state index is 0.185. The van der Waals surface area contributed by atoms with E-state index in [9.17, 15) is 0 Å². The van der Waals surface area contributed by atoms with Gasteiger partial charge >= 0.3 is 0 Å². The Kier molecular flexibility index (Phi) is 5.26. The lowest BCUT2D eigenvalue weighted by atomic mass is 9.76. The summed E-state index contributed by atoms with van der Waals surface area (Å²) in [6.07, 6.45) is 6.44. The predicted octanol–water partition coefficient (Wildman–Crippen LogP) is 4.37. The zero-order valence-corrected chi connectivity index (χ0v) is 12.7. The maximum absolute atomic E-state index is 6.45. The Morgan fingerprint density at radius 3 is 2.58 bits per heavy atom. The minimum atomic E-state index is 0.185. The molecule has 2 rings (SSSR count). The van der Waals surface area contributed by atoms with Crippen molar-refractivity contribution in [2.24, 2.45) is 17.7 Å². The molecule has 0 aromatic heterocycles. The summed E-state index contributed by atoms with van der Waals surface area (Å²) in [4.78, 5) is 0. The van der Waals surface area contributed by atoms with Crippen LogP contribution >= 0.6 is 11.6 Å². The Balaban J connectivity index is 2.14. The lowest BCUT2D eigenvalue weighted by Gasteiger charge is -2.34. The van der Waals surface area contributed by atoms with Crippen LogP contribution < -0.4 is 11.3 Å². The molecule has 3 N–H and O–H groups in total. The molecule has 1 unspecified atom stereocenters. The quantitative estimate of drug-likeness (QED) is 0.635. The summed E-state index contributed by atoms with van der Waals surface area (Å²) >= 11 is 6.45. The van der Waals surface area contributed by atoms with Crippen molar-refractivity contribution in [2.75, 3.05) is 0 Å². The van der Waals surface area contributed by atoms with Crippen LogP contribution in [0, 0.1) is 18.8 Å². The van der Waals surface area contributed by atoms with Gasteiger partial charge in [-0.1, -0.05) is 56.0 Å². The first-order valence-corrected chi connectivity index (χ1v) is 7.76. The van der Waals surface area contributed by atoms with Gasteiger partial charge in [0.15, 0.2) is 0 Å². The van der Waals surface area contributed by atoms with E-state index < -0.39 is 0 Å². The minimum Gasteiger partial charge on any atom is -0.271 e. The highest BCUT2D eigenvalue weighted by molar-refractivity contribution is 6.32. The van der Waals surface area contributed by atoms with E-state index in [0.717, 1.165) is 22.1 Å². The Morgan fingerprint density at radius 2 is 2.00 bits per heavy atom. The van der Waals surface area contributed by atoms with Gasteiger partial charge in [0.1, 0.15) is 0 Å². The standard InChI is InChI=1S/C16H25ClN2/c1-3-12-7-9-13(10-8-12)16(19-18)14-6-4-5-11(2)15(14)17/h4-6,12-13,16,19H,3,7-10,18H2,1-2H3. The number of hydrazine groups is 1. The molecule has 106 valence electrons. The van der Waals surface area contributed by atoms with Crippen LogP contribution in [-0.4, -0.2) is 0 Å². The molecule has 0 aliphatic heterocycles. The smallest absolute Gasteiger partial charge is 0.0502 e. The van der Waals surface area contributed by atoms with E-state index in [1.54, 1.807) is 0 Å². The summed E-state index contributed by atoms with van der Waals surface area (Å²) in [7, 11) is 0. The average molecular weight is 281 g/mol. The number of nitrogens with one attached hydrogen (secondary N) is 1. The molecule has 0 radical (unpaired) electrons. The molecule has 19 heavy (non-hydrogen) atoms. The van der Waals surface area contributed by atoms with Crippen molar-refractivity contribution in [2.45, 2.75) is 52.0 Å². The lowest BCUT2D eigenvalue weighted by molar-refractivity contribution is 0.219. The molecule has 1 fully saturated rings. The van der Waals surface area contributed by atoms with Crippen molar-refractivity contribution < 1.29 is 0 Å². The molecular formula is C16H25ClN2. The van der Waals surface area contributed by atoms with Crippen molar-refractivity contribution in [3.8, 4) is 0 Å². The molecule has 0 heterocycles. The summed E-state index contributed by atoms with van der Waals surface area (Å²) < 4.78 is 0. The van der Waals surface area contributed by atoms with E-state index in [-0.39, 0.29) is 6.04 Å². The van der Waals surface area contributed by atoms with Crippen molar-refractivity contribution in [3.63, 3.8) is 0 Å². The summed E-state index contributed by atoms with van der Waals surface area (Å²) in [6.45, 7) is 4.34. The number of aryl methyl sites for hydroxylation is 1. The third-order valence-electron chi connectivity index (χ3n) is 4.68. The maximum Gasteiger partial charge on any atom is 0.0502 e. The Hall–Kier alpha value is -0.570. The third-order valence-corrected chi connectivity index (χ3v) is 5.19. The highest BCUT2D eigenvalue weighted by Crippen LogP contribution is 2.39. The highest BCUT2D eigenvalue weighted by atomic mass is 35.5. The van der Waals surface area contributed by atoms with Crippen LogP contribution in [0.1, 0.15) is 56.2 Å². The summed E-state index contributed by atoms with van der Waals surface area (Å²) in [5.41, 5.74) is 5.29. The molecule has 2 nitrogen and oxygen atoms in total. The molecule has 1 aliphatic carbocycles. The topological polar surface area (TPSA) is 38.0 Å². The third kappa shape index (κ3) is 3.31. The van der Waals surface area contributed by atoms with Gasteiger partial charge in [0.2, 0.25) is 0 Å². The largest absolute Gasteiger partial charge is 0.271 e. The van der Waals surface area contributed by atoms with Crippen molar-refractivity contribution >= 4 is 11.6 Å². The molecule has 3 heteroatoms. The van der Waals surface area contributed by atoms with Gasteiger partial charge in [0.05, 0.1) is 6.04 Å². The number of rotatable bonds is 4. The second kappa shape index (κ2) is 6.74. The average Bonchev–Trinajstić information content (AvgIpc) is 2.45. The summed E-state index contributed by atoms with van der Waals surface area (Å²) in [6, 6.07) is 6.41. The van der Waals surface area contributed by atoms with E-state index in [4.69, 9.17) is 17.4 Å². The fraction of sp³-hybridized carbons (Fsp3) is 0.625. The highest BCUT2D eigenvalue weighted by Gasteiger charge is 2.28. The zero-order valence-electron chi connectivity index (χ0n) is 12.0. The van der Waals surface area contributed by atoms with Crippen LogP contribution in [0.3, 0.4) is 0 Å². The molecule has 1 aromatic carbocycles. The molecule has 0 saturated heterocycles. The number of benzene rings is 1. The Morgan fingerprint density at radius 1 is 1.32 bits per heavy atom. The van der Waals surface area contributed by atoms with Crippen LogP contribution in [0.2, 0.25) is 5.02 Å². The number of halogens is 1. The van der Waals surface area contributed by atoms with Gasteiger partial charge in [-0.25, -0.2) is 0 Å². The molecular weight excluding hydrogens is 256 g/mol. The van der Waals surface area contributed by atoms with Crippen LogP contribution in [0.5, 0.6) is 0 Å². The monoisotopic (exact) mass is 280 g/mol.